The van der Waals surface area contributed by atoms with Crippen LogP contribution in [-0.4, -0.2) is 45.8 Å². The van der Waals surface area contributed by atoms with E-state index in [-0.39, 0.29) is 0 Å². The maximum absolute atomic E-state index is 10.7. The average Bonchev–Trinajstić information content (AvgIpc) is 2.01. The normalized spacial score (nSPS) is 12.7. The van der Waals surface area contributed by atoms with Crippen LogP contribution in [0.1, 0.15) is 26.7 Å². The zero-order chi connectivity index (χ0) is 11.2. The minimum absolute atomic E-state index is 0.546. The molecule has 1 N–H and O–H groups in total. The Morgan fingerprint density at radius 1 is 1.29 bits per heavy atom. The molecule has 0 spiro atoms. The molecule has 0 bridgehead atoms. The SMILES string of the molecule is CC(C)N(C)CCCCNS(C)(=O)=O. The fourth-order valence-corrected chi connectivity index (χ4v) is 1.52. The van der Waals surface area contributed by atoms with Gasteiger partial charge < -0.3 is 4.90 Å². The second-order valence-corrected chi connectivity index (χ2v) is 5.78. The molecule has 0 saturated carbocycles. The standard InChI is InChI=1S/C9H22N2O2S/c1-9(2)11(3)8-6-5-7-10-14(4,12)13/h9-10H,5-8H2,1-4H3. The summed E-state index contributed by atoms with van der Waals surface area (Å²) < 4.78 is 23.9. The van der Waals surface area contributed by atoms with Crippen LogP contribution in [0.3, 0.4) is 0 Å². The first-order chi connectivity index (χ1) is 6.33. The summed E-state index contributed by atoms with van der Waals surface area (Å²) >= 11 is 0. The smallest absolute Gasteiger partial charge is 0.208 e. The summed E-state index contributed by atoms with van der Waals surface area (Å²) in [4.78, 5) is 2.25. The van der Waals surface area contributed by atoms with Gasteiger partial charge in [-0.2, -0.15) is 0 Å². The van der Waals surface area contributed by atoms with E-state index in [9.17, 15) is 8.42 Å². The van der Waals surface area contributed by atoms with E-state index in [0.717, 1.165) is 19.4 Å². The monoisotopic (exact) mass is 222 g/mol. The van der Waals surface area contributed by atoms with Gasteiger partial charge in [0.05, 0.1) is 6.26 Å². The number of nitrogens with zero attached hydrogens (tertiary/aromatic N) is 1. The van der Waals surface area contributed by atoms with E-state index < -0.39 is 10.0 Å². The Bertz CT molecular complexity index is 237. The Morgan fingerprint density at radius 2 is 1.86 bits per heavy atom. The Kier molecular flexibility index (Phi) is 6.31. The molecule has 0 rings (SSSR count). The van der Waals surface area contributed by atoms with Crippen LogP contribution in [0.15, 0.2) is 0 Å². The van der Waals surface area contributed by atoms with Crippen molar-refractivity contribution < 1.29 is 8.42 Å². The van der Waals surface area contributed by atoms with Crippen molar-refractivity contribution in [2.45, 2.75) is 32.7 Å². The molecule has 0 atom stereocenters. The topological polar surface area (TPSA) is 49.4 Å². The average molecular weight is 222 g/mol. The van der Waals surface area contributed by atoms with Crippen molar-refractivity contribution in [3.63, 3.8) is 0 Å². The van der Waals surface area contributed by atoms with Crippen molar-refractivity contribution in [3.8, 4) is 0 Å². The minimum Gasteiger partial charge on any atom is -0.304 e. The molecule has 4 nitrogen and oxygen atoms in total. The van der Waals surface area contributed by atoms with Gasteiger partial charge in [-0.15, -0.1) is 0 Å². The van der Waals surface area contributed by atoms with E-state index in [2.05, 4.69) is 30.5 Å². The lowest BCUT2D eigenvalue weighted by molar-refractivity contribution is 0.268. The predicted octanol–water partition coefficient (Wildman–Crippen LogP) is 0.656. The third-order valence-corrected chi connectivity index (χ3v) is 2.91. The summed E-state index contributed by atoms with van der Waals surface area (Å²) in [5, 5.41) is 0. The minimum atomic E-state index is -3.00. The molecule has 0 aliphatic heterocycles. The van der Waals surface area contributed by atoms with Gasteiger partial charge in [0.25, 0.3) is 0 Å². The Morgan fingerprint density at radius 3 is 2.29 bits per heavy atom. The summed E-state index contributed by atoms with van der Waals surface area (Å²) in [7, 11) is -0.927. The van der Waals surface area contributed by atoms with Gasteiger partial charge in [0.15, 0.2) is 0 Å². The second-order valence-electron chi connectivity index (χ2n) is 3.95. The summed E-state index contributed by atoms with van der Waals surface area (Å²) in [5.74, 6) is 0. The van der Waals surface area contributed by atoms with Crippen LogP contribution in [0.25, 0.3) is 0 Å². The molecule has 0 radical (unpaired) electrons. The molecular formula is C9H22N2O2S. The molecule has 5 heteroatoms. The first-order valence-corrected chi connectivity index (χ1v) is 6.87. The number of hydrogen-bond acceptors (Lipinski definition) is 3. The van der Waals surface area contributed by atoms with Gasteiger partial charge in [0, 0.05) is 12.6 Å². The molecule has 86 valence electrons. The molecule has 0 heterocycles. The Hall–Kier alpha value is -0.130. The zero-order valence-electron chi connectivity index (χ0n) is 9.58. The first kappa shape index (κ1) is 13.9. The number of nitrogens with one attached hydrogen (secondary N) is 1. The van der Waals surface area contributed by atoms with E-state index in [1.165, 1.54) is 6.26 Å². The van der Waals surface area contributed by atoms with Crippen LogP contribution in [0.5, 0.6) is 0 Å². The fraction of sp³-hybridized carbons (Fsp3) is 1.00. The second kappa shape index (κ2) is 6.37. The van der Waals surface area contributed by atoms with Crippen LogP contribution < -0.4 is 4.72 Å². The number of sulfonamides is 1. The molecular weight excluding hydrogens is 200 g/mol. The van der Waals surface area contributed by atoms with E-state index in [4.69, 9.17) is 0 Å². The van der Waals surface area contributed by atoms with Gasteiger partial charge in [-0.1, -0.05) is 0 Å². The highest BCUT2D eigenvalue weighted by Gasteiger charge is 2.02. The van der Waals surface area contributed by atoms with Crippen molar-refractivity contribution in [2.75, 3.05) is 26.4 Å². The van der Waals surface area contributed by atoms with Gasteiger partial charge in [0.1, 0.15) is 0 Å². The van der Waals surface area contributed by atoms with Gasteiger partial charge >= 0.3 is 0 Å². The van der Waals surface area contributed by atoms with Crippen LogP contribution >= 0.6 is 0 Å². The van der Waals surface area contributed by atoms with Crippen LogP contribution in [-0.2, 0) is 10.0 Å². The van der Waals surface area contributed by atoms with Crippen molar-refractivity contribution in [1.82, 2.24) is 9.62 Å². The van der Waals surface area contributed by atoms with Crippen LogP contribution in [0.2, 0.25) is 0 Å². The summed E-state index contributed by atoms with van der Waals surface area (Å²) in [6, 6.07) is 0.554. The van der Waals surface area contributed by atoms with E-state index >= 15 is 0 Å². The van der Waals surface area contributed by atoms with Gasteiger partial charge in [-0.05, 0) is 40.3 Å². The molecule has 0 unspecified atom stereocenters. The van der Waals surface area contributed by atoms with Gasteiger partial charge in [-0.3, -0.25) is 0 Å². The molecule has 0 aliphatic carbocycles. The third kappa shape index (κ3) is 8.47. The summed E-state index contributed by atoms with van der Waals surface area (Å²) in [5.41, 5.74) is 0. The lowest BCUT2D eigenvalue weighted by atomic mass is 10.2. The van der Waals surface area contributed by atoms with E-state index in [0.29, 0.717) is 12.6 Å². The highest BCUT2D eigenvalue weighted by atomic mass is 32.2. The van der Waals surface area contributed by atoms with Crippen molar-refractivity contribution in [2.24, 2.45) is 0 Å². The first-order valence-electron chi connectivity index (χ1n) is 4.98. The molecule has 0 aromatic heterocycles. The van der Waals surface area contributed by atoms with Crippen LogP contribution in [0, 0.1) is 0 Å². The maximum Gasteiger partial charge on any atom is 0.208 e. The molecule has 0 amide bonds. The highest BCUT2D eigenvalue weighted by Crippen LogP contribution is 1.97. The van der Waals surface area contributed by atoms with Crippen LogP contribution in [0.4, 0.5) is 0 Å². The largest absolute Gasteiger partial charge is 0.304 e. The molecule has 0 aromatic carbocycles. The predicted molar refractivity (Wildman–Crippen MR) is 59.8 cm³/mol. The lowest BCUT2D eigenvalue weighted by Crippen LogP contribution is -2.28. The van der Waals surface area contributed by atoms with Gasteiger partial charge in [-0.25, -0.2) is 13.1 Å². The fourth-order valence-electron chi connectivity index (χ4n) is 1.00. The van der Waals surface area contributed by atoms with E-state index in [1.807, 2.05) is 0 Å². The molecule has 0 aromatic rings. The van der Waals surface area contributed by atoms with Crippen molar-refractivity contribution in [3.05, 3.63) is 0 Å². The maximum atomic E-state index is 10.7. The lowest BCUT2D eigenvalue weighted by Gasteiger charge is -2.20. The summed E-state index contributed by atoms with van der Waals surface area (Å²) in [6.07, 6.45) is 3.11. The third-order valence-electron chi connectivity index (χ3n) is 2.18. The molecule has 14 heavy (non-hydrogen) atoms. The quantitative estimate of drug-likeness (QED) is 0.644. The number of hydrogen-bond donors (Lipinski definition) is 1. The molecule has 0 saturated heterocycles. The van der Waals surface area contributed by atoms with Crippen molar-refractivity contribution in [1.29, 1.82) is 0 Å². The molecule has 0 aliphatic rings. The van der Waals surface area contributed by atoms with E-state index in [1.54, 1.807) is 0 Å². The zero-order valence-corrected chi connectivity index (χ0v) is 10.4. The molecule has 0 fully saturated rings. The number of rotatable bonds is 7. The number of unbranched alkanes of at least 4 members (excludes halogenated alkanes) is 1. The Balaban J connectivity index is 3.39. The highest BCUT2D eigenvalue weighted by molar-refractivity contribution is 7.88. The van der Waals surface area contributed by atoms with Gasteiger partial charge in [0.2, 0.25) is 10.0 Å². The van der Waals surface area contributed by atoms with Crippen molar-refractivity contribution >= 4 is 10.0 Å². The summed E-state index contributed by atoms with van der Waals surface area (Å²) in [6.45, 7) is 5.86. The Labute approximate surface area is 87.7 Å².